The number of hydrogen-bond acceptors (Lipinski definition) is 3. The van der Waals surface area contributed by atoms with Crippen molar-refractivity contribution in [1.29, 1.82) is 0 Å². The fourth-order valence-corrected chi connectivity index (χ4v) is 1.37. The molecule has 2 aromatic heterocycles. The van der Waals surface area contributed by atoms with E-state index in [1.807, 2.05) is 0 Å². The van der Waals surface area contributed by atoms with E-state index in [9.17, 15) is 9.18 Å². The molecule has 2 heterocycles. The van der Waals surface area contributed by atoms with Crippen molar-refractivity contribution in [2.45, 2.75) is 6.92 Å². The molecule has 0 bridgehead atoms. The zero-order chi connectivity index (χ0) is 10.8. The molecule has 0 amide bonds. The summed E-state index contributed by atoms with van der Waals surface area (Å²) in [5.74, 6) is -1.01. The molecule has 2 aromatic rings. The molecular formula is C10H9FN2O2. The van der Waals surface area contributed by atoms with Gasteiger partial charge in [0.1, 0.15) is 0 Å². The summed E-state index contributed by atoms with van der Waals surface area (Å²) >= 11 is 0. The molecule has 2 rings (SSSR count). The van der Waals surface area contributed by atoms with E-state index in [1.54, 1.807) is 19.2 Å². The molecule has 1 N–H and O–H groups in total. The normalized spacial score (nSPS) is 10.5. The molecule has 0 aliphatic carbocycles. The van der Waals surface area contributed by atoms with Crippen LogP contribution < -0.4 is 0 Å². The number of halogens is 1. The summed E-state index contributed by atoms with van der Waals surface area (Å²) in [5.41, 5.74) is 0.478. The van der Waals surface area contributed by atoms with Gasteiger partial charge in [0.05, 0.1) is 18.3 Å². The molecule has 0 radical (unpaired) electrons. The largest absolute Gasteiger partial charge is 0.461 e. The molecule has 0 aromatic carbocycles. The number of rotatable bonds is 2. The average molecular weight is 208 g/mol. The van der Waals surface area contributed by atoms with E-state index in [4.69, 9.17) is 4.74 Å². The topological polar surface area (TPSA) is 55.0 Å². The molecule has 0 atom stereocenters. The highest BCUT2D eigenvalue weighted by atomic mass is 19.1. The Morgan fingerprint density at radius 1 is 1.67 bits per heavy atom. The zero-order valence-corrected chi connectivity index (χ0v) is 8.08. The number of ether oxygens (including phenoxy) is 1. The van der Waals surface area contributed by atoms with Gasteiger partial charge in [0, 0.05) is 11.6 Å². The van der Waals surface area contributed by atoms with Crippen LogP contribution in [0.1, 0.15) is 17.4 Å². The van der Waals surface area contributed by atoms with Crippen LogP contribution in [0.3, 0.4) is 0 Å². The number of carbonyl (C=O) groups excluding carboxylic acids is 1. The minimum atomic E-state index is -0.551. The monoisotopic (exact) mass is 208 g/mol. The van der Waals surface area contributed by atoms with Crippen LogP contribution in [0.15, 0.2) is 18.5 Å². The SMILES string of the molecule is CCOC(=O)c1ncc(F)c2cc[nH]c12. The van der Waals surface area contributed by atoms with Crippen LogP contribution in [0.25, 0.3) is 10.9 Å². The van der Waals surface area contributed by atoms with Crippen molar-refractivity contribution >= 4 is 16.9 Å². The molecule has 0 unspecified atom stereocenters. The fourth-order valence-electron chi connectivity index (χ4n) is 1.37. The van der Waals surface area contributed by atoms with Crippen LogP contribution in [-0.2, 0) is 4.74 Å². The van der Waals surface area contributed by atoms with E-state index in [2.05, 4.69) is 9.97 Å². The average Bonchev–Trinajstić information content (AvgIpc) is 2.68. The maximum absolute atomic E-state index is 13.2. The van der Waals surface area contributed by atoms with Crippen LogP contribution in [0.4, 0.5) is 4.39 Å². The lowest BCUT2D eigenvalue weighted by Gasteiger charge is -2.02. The number of nitrogens with one attached hydrogen (secondary N) is 1. The summed E-state index contributed by atoms with van der Waals surface area (Å²) in [6.45, 7) is 1.97. The van der Waals surface area contributed by atoms with Crippen molar-refractivity contribution in [2.24, 2.45) is 0 Å². The molecule has 0 spiro atoms. The van der Waals surface area contributed by atoms with E-state index < -0.39 is 11.8 Å². The fraction of sp³-hybridized carbons (Fsp3) is 0.200. The van der Waals surface area contributed by atoms with E-state index in [-0.39, 0.29) is 12.3 Å². The van der Waals surface area contributed by atoms with Gasteiger partial charge in [0.15, 0.2) is 11.5 Å². The Kier molecular flexibility index (Phi) is 2.37. The first kappa shape index (κ1) is 9.64. The molecule has 78 valence electrons. The summed E-state index contributed by atoms with van der Waals surface area (Å²) in [6, 6.07) is 1.55. The summed E-state index contributed by atoms with van der Waals surface area (Å²) in [7, 11) is 0. The third kappa shape index (κ3) is 1.56. The van der Waals surface area contributed by atoms with Crippen molar-refractivity contribution in [2.75, 3.05) is 6.61 Å². The quantitative estimate of drug-likeness (QED) is 0.766. The number of nitrogens with zero attached hydrogens (tertiary/aromatic N) is 1. The lowest BCUT2D eigenvalue weighted by atomic mass is 10.2. The number of aromatic amines is 1. The highest BCUT2D eigenvalue weighted by Gasteiger charge is 2.15. The summed E-state index contributed by atoms with van der Waals surface area (Å²) in [5, 5.41) is 0.341. The van der Waals surface area contributed by atoms with Crippen LogP contribution >= 0.6 is 0 Å². The Labute approximate surface area is 85.1 Å². The Morgan fingerprint density at radius 3 is 3.20 bits per heavy atom. The van der Waals surface area contributed by atoms with E-state index in [0.717, 1.165) is 6.20 Å². The first-order valence-electron chi connectivity index (χ1n) is 4.52. The highest BCUT2D eigenvalue weighted by molar-refractivity contribution is 6.01. The van der Waals surface area contributed by atoms with Gasteiger partial charge in [-0.1, -0.05) is 0 Å². The van der Waals surface area contributed by atoms with Gasteiger partial charge in [-0.25, -0.2) is 14.2 Å². The molecule has 0 aliphatic rings. The van der Waals surface area contributed by atoms with Crippen molar-refractivity contribution in [3.63, 3.8) is 0 Å². The lowest BCUT2D eigenvalue weighted by Crippen LogP contribution is -2.08. The maximum atomic E-state index is 13.2. The van der Waals surface area contributed by atoms with Gasteiger partial charge in [-0.3, -0.25) is 0 Å². The maximum Gasteiger partial charge on any atom is 0.359 e. The molecule has 0 saturated heterocycles. The van der Waals surface area contributed by atoms with Gasteiger partial charge < -0.3 is 9.72 Å². The van der Waals surface area contributed by atoms with Gasteiger partial charge in [0.2, 0.25) is 0 Å². The van der Waals surface area contributed by atoms with Crippen LogP contribution in [0.2, 0.25) is 0 Å². The first-order chi connectivity index (χ1) is 7.24. The number of esters is 1. The van der Waals surface area contributed by atoms with Crippen LogP contribution in [0.5, 0.6) is 0 Å². The molecule has 15 heavy (non-hydrogen) atoms. The second-order valence-corrected chi connectivity index (χ2v) is 2.94. The predicted molar refractivity (Wildman–Crippen MR) is 52.0 cm³/mol. The lowest BCUT2D eigenvalue weighted by molar-refractivity contribution is 0.0522. The number of hydrogen-bond donors (Lipinski definition) is 1. The Hall–Kier alpha value is -1.91. The van der Waals surface area contributed by atoms with E-state index in [1.165, 1.54) is 0 Å². The molecule has 0 saturated carbocycles. The van der Waals surface area contributed by atoms with Gasteiger partial charge in [0.25, 0.3) is 0 Å². The third-order valence-corrected chi connectivity index (χ3v) is 2.02. The minimum Gasteiger partial charge on any atom is -0.461 e. The Bertz CT molecular complexity index is 507. The van der Waals surface area contributed by atoms with Gasteiger partial charge >= 0.3 is 5.97 Å². The first-order valence-corrected chi connectivity index (χ1v) is 4.52. The molecule has 0 aliphatic heterocycles. The number of carbonyl (C=O) groups is 1. The van der Waals surface area contributed by atoms with Crippen LogP contribution in [0, 0.1) is 5.82 Å². The van der Waals surface area contributed by atoms with Gasteiger partial charge in [-0.15, -0.1) is 0 Å². The van der Waals surface area contributed by atoms with Crippen molar-refractivity contribution in [1.82, 2.24) is 9.97 Å². The second kappa shape index (κ2) is 3.68. The van der Waals surface area contributed by atoms with Gasteiger partial charge in [-0.05, 0) is 13.0 Å². The summed E-state index contributed by atoms with van der Waals surface area (Å²) in [4.78, 5) is 17.9. The summed E-state index contributed by atoms with van der Waals surface area (Å²) < 4.78 is 18.0. The minimum absolute atomic E-state index is 0.109. The number of fused-ring (bicyclic) bond motifs is 1. The highest BCUT2D eigenvalue weighted by Crippen LogP contribution is 2.18. The van der Waals surface area contributed by atoms with Crippen molar-refractivity contribution < 1.29 is 13.9 Å². The third-order valence-electron chi connectivity index (χ3n) is 2.02. The van der Waals surface area contributed by atoms with Crippen molar-refractivity contribution in [3.8, 4) is 0 Å². The number of H-pyrrole nitrogens is 1. The molecule has 4 nitrogen and oxygen atoms in total. The number of aromatic nitrogens is 2. The number of pyridine rings is 1. The Balaban J connectivity index is 2.57. The molecule has 5 heteroatoms. The predicted octanol–water partition coefficient (Wildman–Crippen LogP) is 1.88. The second-order valence-electron chi connectivity index (χ2n) is 2.94. The summed E-state index contributed by atoms with van der Waals surface area (Å²) in [6.07, 6.45) is 2.57. The molecular weight excluding hydrogens is 199 g/mol. The smallest absolute Gasteiger partial charge is 0.359 e. The zero-order valence-electron chi connectivity index (χ0n) is 8.08. The van der Waals surface area contributed by atoms with Gasteiger partial charge in [-0.2, -0.15) is 0 Å². The van der Waals surface area contributed by atoms with Crippen LogP contribution in [-0.4, -0.2) is 22.5 Å². The van der Waals surface area contributed by atoms with E-state index in [0.29, 0.717) is 10.9 Å². The van der Waals surface area contributed by atoms with E-state index >= 15 is 0 Å². The Morgan fingerprint density at radius 2 is 2.47 bits per heavy atom. The molecule has 0 fully saturated rings. The van der Waals surface area contributed by atoms with Crippen molar-refractivity contribution in [3.05, 3.63) is 30.0 Å². The standard InChI is InChI=1S/C10H9FN2O2/c1-2-15-10(14)9-8-6(3-4-12-8)7(11)5-13-9/h3-5,12H,2H2,1H3.